The van der Waals surface area contributed by atoms with Gasteiger partial charge in [0.05, 0.1) is 4.92 Å². The molecule has 13 heavy (non-hydrogen) atoms. The zero-order chi connectivity index (χ0) is 9.84. The second kappa shape index (κ2) is 3.98. The Balaban J connectivity index is 3.11. The van der Waals surface area contributed by atoms with Gasteiger partial charge in [0.2, 0.25) is 0 Å². The summed E-state index contributed by atoms with van der Waals surface area (Å²) in [7, 11) is 0. The smallest absolute Gasteiger partial charge is 0.258 e. The van der Waals surface area contributed by atoms with Crippen molar-refractivity contribution in [1.82, 2.24) is 4.98 Å². The average Bonchev–Trinajstić information content (AvgIpc) is 2.16. The molecule has 0 aliphatic carbocycles. The van der Waals surface area contributed by atoms with E-state index in [4.69, 9.17) is 0 Å². The van der Waals surface area contributed by atoms with Crippen LogP contribution in [0.15, 0.2) is 18.3 Å². The molecule has 1 rings (SSSR count). The first-order valence-electron chi connectivity index (χ1n) is 4.09. The number of nitro groups is 1. The van der Waals surface area contributed by atoms with Crippen LogP contribution in [0.5, 0.6) is 0 Å². The summed E-state index contributed by atoms with van der Waals surface area (Å²) in [5.74, 6) is -0.110. The summed E-state index contributed by atoms with van der Waals surface area (Å²) in [6, 6.07) is 3.01. The predicted molar refractivity (Wildman–Crippen MR) is 49.3 cm³/mol. The van der Waals surface area contributed by atoms with E-state index in [0.717, 1.165) is 6.42 Å². The lowest BCUT2D eigenvalue weighted by molar-refractivity contribution is -0.386. The van der Waals surface area contributed by atoms with Crippen molar-refractivity contribution in [3.8, 4) is 0 Å². The third kappa shape index (κ3) is 2.02. The van der Waals surface area contributed by atoms with Gasteiger partial charge in [0, 0.05) is 18.2 Å². The van der Waals surface area contributed by atoms with Crippen molar-refractivity contribution in [3.05, 3.63) is 41.1 Å². The molecule has 1 aromatic rings. The van der Waals surface area contributed by atoms with Gasteiger partial charge >= 0.3 is 0 Å². The number of hydrogen-bond acceptors (Lipinski definition) is 3. The molecule has 0 saturated carbocycles. The van der Waals surface area contributed by atoms with Crippen LogP contribution in [-0.2, 0) is 0 Å². The molecule has 1 atom stereocenters. The summed E-state index contributed by atoms with van der Waals surface area (Å²) in [5, 5.41) is 10.6. The van der Waals surface area contributed by atoms with E-state index in [1.54, 1.807) is 12.3 Å². The number of aromatic nitrogens is 1. The van der Waals surface area contributed by atoms with E-state index in [1.807, 2.05) is 6.92 Å². The maximum absolute atomic E-state index is 10.6. The van der Waals surface area contributed by atoms with Crippen LogP contribution in [0.3, 0.4) is 0 Å². The fraction of sp³-hybridized carbons (Fsp3) is 0.333. The molecule has 0 fully saturated rings. The summed E-state index contributed by atoms with van der Waals surface area (Å²) in [6.45, 7) is 5.73. The largest absolute Gasteiger partial charge is 0.291 e. The third-order valence-electron chi connectivity index (χ3n) is 1.89. The summed E-state index contributed by atoms with van der Waals surface area (Å²) in [6.07, 6.45) is 2.30. The van der Waals surface area contributed by atoms with E-state index >= 15 is 0 Å². The second-order valence-electron chi connectivity index (χ2n) is 2.77. The molecule has 4 nitrogen and oxygen atoms in total. The van der Waals surface area contributed by atoms with Crippen LogP contribution in [-0.4, -0.2) is 9.91 Å². The Hall–Kier alpha value is -1.45. The zero-order valence-corrected chi connectivity index (χ0v) is 7.43. The van der Waals surface area contributed by atoms with Gasteiger partial charge in [-0.05, 0) is 19.4 Å². The molecule has 0 saturated heterocycles. The lowest BCUT2D eigenvalue weighted by Crippen LogP contribution is -2.01. The SMILES string of the molecule is [CH2]C(CC)c1ncccc1[N+](=O)[O-]. The van der Waals surface area contributed by atoms with Crippen molar-refractivity contribution in [2.75, 3.05) is 0 Å². The van der Waals surface area contributed by atoms with Gasteiger partial charge in [-0.2, -0.15) is 0 Å². The highest BCUT2D eigenvalue weighted by Crippen LogP contribution is 2.25. The fourth-order valence-corrected chi connectivity index (χ4v) is 1.07. The van der Waals surface area contributed by atoms with Crippen molar-refractivity contribution < 1.29 is 4.92 Å². The van der Waals surface area contributed by atoms with Gasteiger partial charge in [-0.1, -0.05) is 6.92 Å². The minimum absolute atomic E-state index is 0.0596. The Labute approximate surface area is 76.8 Å². The lowest BCUT2D eigenvalue weighted by Gasteiger charge is -2.06. The van der Waals surface area contributed by atoms with Crippen molar-refractivity contribution >= 4 is 5.69 Å². The van der Waals surface area contributed by atoms with Gasteiger partial charge in [0.25, 0.3) is 5.69 Å². The van der Waals surface area contributed by atoms with Gasteiger partial charge in [-0.25, -0.2) is 0 Å². The van der Waals surface area contributed by atoms with E-state index in [1.165, 1.54) is 6.07 Å². The van der Waals surface area contributed by atoms with Crippen LogP contribution >= 0.6 is 0 Å². The maximum atomic E-state index is 10.6. The van der Waals surface area contributed by atoms with E-state index in [9.17, 15) is 10.1 Å². The molecule has 1 heterocycles. The van der Waals surface area contributed by atoms with Gasteiger partial charge < -0.3 is 0 Å². The molecule has 69 valence electrons. The quantitative estimate of drug-likeness (QED) is 0.528. The molecule has 0 aliphatic heterocycles. The molecular formula is C9H11N2O2. The highest BCUT2D eigenvalue weighted by Gasteiger charge is 2.18. The Morgan fingerprint density at radius 1 is 1.77 bits per heavy atom. The zero-order valence-electron chi connectivity index (χ0n) is 7.43. The summed E-state index contributed by atoms with van der Waals surface area (Å²) < 4.78 is 0. The van der Waals surface area contributed by atoms with Gasteiger partial charge in [0.1, 0.15) is 5.69 Å². The molecule has 0 amide bonds. The third-order valence-corrected chi connectivity index (χ3v) is 1.89. The molecule has 0 aromatic carbocycles. The molecule has 0 N–H and O–H groups in total. The number of pyridine rings is 1. The van der Waals surface area contributed by atoms with Crippen molar-refractivity contribution in [2.24, 2.45) is 0 Å². The molecular weight excluding hydrogens is 168 g/mol. The molecule has 1 unspecified atom stereocenters. The first-order valence-corrected chi connectivity index (χ1v) is 4.09. The van der Waals surface area contributed by atoms with Crippen molar-refractivity contribution in [2.45, 2.75) is 19.3 Å². The van der Waals surface area contributed by atoms with E-state index in [2.05, 4.69) is 11.9 Å². The molecule has 0 bridgehead atoms. The summed E-state index contributed by atoms with van der Waals surface area (Å²) in [5.41, 5.74) is 0.527. The lowest BCUT2D eigenvalue weighted by atomic mass is 10.0. The normalized spacial score (nSPS) is 12.5. The summed E-state index contributed by atoms with van der Waals surface area (Å²) in [4.78, 5) is 14.1. The van der Waals surface area contributed by atoms with E-state index in [-0.39, 0.29) is 11.6 Å². The van der Waals surface area contributed by atoms with E-state index in [0.29, 0.717) is 5.69 Å². The topological polar surface area (TPSA) is 56.0 Å². The number of nitrogens with zero attached hydrogens (tertiary/aromatic N) is 2. The van der Waals surface area contributed by atoms with Gasteiger partial charge in [0.15, 0.2) is 0 Å². The highest BCUT2D eigenvalue weighted by molar-refractivity contribution is 5.37. The van der Waals surface area contributed by atoms with Crippen molar-refractivity contribution in [1.29, 1.82) is 0 Å². The Bertz CT molecular complexity index is 312. The van der Waals surface area contributed by atoms with Crippen LogP contribution in [0.4, 0.5) is 5.69 Å². The second-order valence-corrected chi connectivity index (χ2v) is 2.77. The Kier molecular flexibility index (Phi) is 2.95. The first kappa shape index (κ1) is 9.64. The van der Waals surface area contributed by atoms with Gasteiger partial charge in [-0.3, -0.25) is 15.1 Å². The highest BCUT2D eigenvalue weighted by atomic mass is 16.6. The maximum Gasteiger partial charge on any atom is 0.291 e. The van der Waals surface area contributed by atoms with Crippen LogP contribution < -0.4 is 0 Å². The Morgan fingerprint density at radius 3 is 3.00 bits per heavy atom. The minimum atomic E-state index is -0.420. The predicted octanol–water partition coefficient (Wildman–Crippen LogP) is 2.32. The van der Waals surface area contributed by atoms with Gasteiger partial charge in [-0.15, -0.1) is 0 Å². The number of hydrogen-bond donors (Lipinski definition) is 0. The molecule has 4 heteroatoms. The number of rotatable bonds is 3. The minimum Gasteiger partial charge on any atom is -0.258 e. The average molecular weight is 179 g/mol. The van der Waals surface area contributed by atoms with Crippen LogP contribution in [0.1, 0.15) is 25.0 Å². The van der Waals surface area contributed by atoms with E-state index < -0.39 is 4.92 Å². The monoisotopic (exact) mass is 179 g/mol. The Morgan fingerprint density at radius 2 is 2.46 bits per heavy atom. The van der Waals surface area contributed by atoms with Crippen LogP contribution in [0.25, 0.3) is 0 Å². The molecule has 0 spiro atoms. The molecule has 0 aliphatic rings. The molecule has 1 aromatic heterocycles. The molecule has 1 radical (unpaired) electrons. The summed E-state index contributed by atoms with van der Waals surface area (Å²) >= 11 is 0. The van der Waals surface area contributed by atoms with Crippen molar-refractivity contribution in [3.63, 3.8) is 0 Å². The standard InChI is InChI=1S/C9H11N2O2/c1-3-7(2)9-8(11(12)13)5-4-6-10-9/h4-7H,2-3H2,1H3. The van der Waals surface area contributed by atoms with Crippen LogP contribution in [0, 0.1) is 17.0 Å². The first-order chi connectivity index (χ1) is 6.16. The van der Waals surface area contributed by atoms with Crippen LogP contribution in [0.2, 0.25) is 0 Å². The fourth-order valence-electron chi connectivity index (χ4n) is 1.07.